The van der Waals surface area contributed by atoms with E-state index in [2.05, 4.69) is 70.6 Å². The average Bonchev–Trinajstić information content (AvgIpc) is 2.97. The molecule has 1 saturated heterocycles. The van der Waals surface area contributed by atoms with Crippen LogP contribution in [0.4, 0.5) is 5.95 Å². The van der Waals surface area contributed by atoms with Crippen molar-refractivity contribution in [3.63, 3.8) is 0 Å². The molecule has 21 heavy (non-hydrogen) atoms. The van der Waals surface area contributed by atoms with Gasteiger partial charge < -0.3 is 9.80 Å². The van der Waals surface area contributed by atoms with Crippen LogP contribution in [0.15, 0.2) is 24.3 Å². The van der Waals surface area contributed by atoms with Gasteiger partial charge in [0.25, 0.3) is 0 Å². The minimum atomic E-state index is 0.557. The van der Waals surface area contributed by atoms with Gasteiger partial charge in [0.05, 0.1) is 5.69 Å². The number of likely N-dealkylation sites (N-methyl/N-ethyl adjacent to an activating group) is 1. The minimum absolute atomic E-state index is 0.557. The standard InChI is InChI=1S/C15H22N6/c1-12-6-8-13(9-7-12)21-15(16-17-18-21)20-10-4-5-14(11-20)19(2)3/h6-9,14H,4-5,10-11H2,1-3H3/t14-/m0/s1. The number of aryl methyl sites for hydroxylation is 1. The first kappa shape index (κ1) is 14.0. The van der Waals surface area contributed by atoms with Crippen LogP contribution < -0.4 is 4.90 Å². The fourth-order valence-electron chi connectivity index (χ4n) is 2.79. The molecule has 1 fully saturated rings. The Hall–Kier alpha value is -1.95. The number of benzene rings is 1. The maximum atomic E-state index is 4.24. The van der Waals surface area contributed by atoms with Crippen LogP contribution in [0, 0.1) is 6.92 Å². The Labute approximate surface area is 125 Å². The molecule has 3 rings (SSSR count). The zero-order valence-electron chi connectivity index (χ0n) is 12.9. The monoisotopic (exact) mass is 286 g/mol. The number of rotatable bonds is 3. The maximum absolute atomic E-state index is 4.24. The van der Waals surface area contributed by atoms with E-state index < -0.39 is 0 Å². The maximum Gasteiger partial charge on any atom is 0.250 e. The highest BCUT2D eigenvalue weighted by Crippen LogP contribution is 2.21. The number of hydrogen-bond acceptors (Lipinski definition) is 5. The van der Waals surface area contributed by atoms with Gasteiger partial charge in [-0.15, -0.1) is 0 Å². The zero-order valence-corrected chi connectivity index (χ0v) is 12.9. The molecule has 2 aromatic rings. The van der Waals surface area contributed by atoms with Gasteiger partial charge in [0.1, 0.15) is 0 Å². The third kappa shape index (κ3) is 2.90. The summed E-state index contributed by atoms with van der Waals surface area (Å²) in [6, 6.07) is 8.84. The Morgan fingerprint density at radius 3 is 2.67 bits per heavy atom. The summed E-state index contributed by atoms with van der Waals surface area (Å²) < 4.78 is 1.83. The van der Waals surface area contributed by atoms with Crippen molar-refractivity contribution in [2.45, 2.75) is 25.8 Å². The van der Waals surface area contributed by atoms with Crippen LogP contribution in [-0.4, -0.2) is 58.3 Å². The molecule has 1 aromatic carbocycles. The van der Waals surface area contributed by atoms with Crippen LogP contribution in [0.2, 0.25) is 0 Å². The van der Waals surface area contributed by atoms with Crippen molar-refractivity contribution in [3.05, 3.63) is 29.8 Å². The molecule has 1 atom stereocenters. The molecule has 0 amide bonds. The van der Waals surface area contributed by atoms with Gasteiger partial charge in [0.2, 0.25) is 5.95 Å². The molecule has 0 spiro atoms. The van der Waals surface area contributed by atoms with Crippen LogP contribution in [-0.2, 0) is 0 Å². The van der Waals surface area contributed by atoms with Gasteiger partial charge in [0, 0.05) is 19.1 Å². The summed E-state index contributed by atoms with van der Waals surface area (Å²) in [5.41, 5.74) is 2.24. The summed E-state index contributed by atoms with van der Waals surface area (Å²) in [6.45, 7) is 4.06. The average molecular weight is 286 g/mol. The number of tetrazole rings is 1. The largest absolute Gasteiger partial charge is 0.338 e. The number of anilines is 1. The van der Waals surface area contributed by atoms with Crippen molar-refractivity contribution in [2.24, 2.45) is 0 Å². The molecule has 6 nitrogen and oxygen atoms in total. The van der Waals surface area contributed by atoms with Crippen LogP contribution in [0.5, 0.6) is 0 Å². The number of piperidine rings is 1. The van der Waals surface area contributed by atoms with Gasteiger partial charge in [-0.1, -0.05) is 22.8 Å². The lowest BCUT2D eigenvalue weighted by Gasteiger charge is -2.36. The Balaban J connectivity index is 1.86. The SMILES string of the molecule is Cc1ccc(-n2nnnc2N2CCC[C@H](N(C)C)C2)cc1. The smallest absolute Gasteiger partial charge is 0.250 e. The molecule has 6 heteroatoms. The Kier molecular flexibility index (Phi) is 3.88. The van der Waals surface area contributed by atoms with E-state index in [0.29, 0.717) is 6.04 Å². The molecule has 0 radical (unpaired) electrons. The topological polar surface area (TPSA) is 50.1 Å². The highest BCUT2D eigenvalue weighted by atomic mass is 15.6. The van der Waals surface area contributed by atoms with Crippen molar-refractivity contribution in [1.82, 2.24) is 25.1 Å². The van der Waals surface area contributed by atoms with E-state index in [1.807, 2.05) is 4.68 Å². The summed E-state index contributed by atoms with van der Waals surface area (Å²) in [7, 11) is 4.27. The van der Waals surface area contributed by atoms with E-state index in [1.165, 1.54) is 18.4 Å². The predicted octanol–water partition coefficient (Wildman–Crippen LogP) is 1.50. The molecular formula is C15H22N6. The molecule has 112 valence electrons. The van der Waals surface area contributed by atoms with Crippen molar-refractivity contribution in [2.75, 3.05) is 32.1 Å². The third-order valence-corrected chi connectivity index (χ3v) is 4.14. The molecule has 2 heterocycles. The molecular weight excluding hydrogens is 264 g/mol. The van der Waals surface area contributed by atoms with Crippen LogP contribution in [0.1, 0.15) is 18.4 Å². The van der Waals surface area contributed by atoms with Crippen LogP contribution in [0.3, 0.4) is 0 Å². The van der Waals surface area contributed by atoms with Gasteiger partial charge in [-0.05, 0) is 56.4 Å². The summed E-state index contributed by atoms with van der Waals surface area (Å²) in [6.07, 6.45) is 2.40. The van der Waals surface area contributed by atoms with E-state index >= 15 is 0 Å². The zero-order chi connectivity index (χ0) is 14.8. The molecule has 1 aromatic heterocycles. The van der Waals surface area contributed by atoms with Gasteiger partial charge in [0.15, 0.2) is 0 Å². The van der Waals surface area contributed by atoms with E-state index in [9.17, 15) is 0 Å². The summed E-state index contributed by atoms with van der Waals surface area (Å²) >= 11 is 0. The normalized spacial score (nSPS) is 19.2. The third-order valence-electron chi connectivity index (χ3n) is 4.14. The van der Waals surface area contributed by atoms with Crippen molar-refractivity contribution >= 4 is 5.95 Å². The number of hydrogen-bond donors (Lipinski definition) is 0. The molecule has 0 N–H and O–H groups in total. The summed E-state index contributed by atoms with van der Waals surface area (Å²) in [5, 5.41) is 12.3. The van der Waals surface area contributed by atoms with E-state index in [1.54, 1.807) is 0 Å². The first-order valence-electron chi connectivity index (χ1n) is 7.42. The van der Waals surface area contributed by atoms with E-state index in [4.69, 9.17) is 0 Å². The predicted molar refractivity (Wildman–Crippen MR) is 82.8 cm³/mol. The number of nitrogens with zero attached hydrogens (tertiary/aromatic N) is 6. The van der Waals surface area contributed by atoms with E-state index in [0.717, 1.165) is 24.7 Å². The second kappa shape index (κ2) is 5.81. The Morgan fingerprint density at radius 2 is 1.95 bits per heavy atom. The fraction of sp³-hybridized carbons (Fsp3) is 0.533. The summed E-state index contributed by atoms with van der Waals surface area (Å²) in [5.74, 6) is 0.838. The van der Waals surface area contributed by atoms with Crippen molar-refractivity contribution in [3.8, 4) is 5.69 Å². The lowest BCUT2D eigenvalue weighted by molar-refractivity contribution is 0.256. The molecule has 0 saturated carbocycles. The molecule has 0 aliphatic carbocycles. The van der Waals surface area contributed by atoms with Gasteiger partial charge >= 0.3 is 0 Å². The van der Waals surface area contributed by atoms with Gasteiger partial charge in [-0.2, -0.15) is 4.68 Å². The molecule has 1 aliphatic rings. The quantitative estimate of drug-likeness (QED) is 0.856. The van der Waals surface area contributed by atoms with Gasteiger partial charge in [-0.3, -0.25) is 0 Å². The first-order chi connectivity index (χ1) is 10.1. The lowest BCUT2D eigenvalue weighted by Crippen LogP contribution is -2.46. The number of aromatic nitrogens is 4. The van der Waals surface area contributed by atoms with Gasteiger partial charge in [-0.25, -0.2) is 0 Å². The highest BCUT2D eigenvalue weighted by Gasteiger charge is 2.25. The highest BCUT2D eigenvalue weighted by molar-refractivity contribution is 5.42. The lowest BCUT2D eigenvalue weighted by atomic mass is 10.1. The second-order valence-corrected chi connectivity index (χ2v) is 5.93. The van der Waals surface area contributed by atoms with Crippen LogP contribution in [0.25, 0.3) is 5.69 Å². The Morgan fingerprint density at radius 1 is 1.19 bits per heavy atom. The molecule has 0 bridgehead atoms. The van der Waals surface area contributed by atoms with Crippen molar-refractivity contribution in [1.29, 1.82) is 0 Å². The summed E-state index contributed by atoms with van der Waals surface area (Å²) in [4.78, 5) is 4.57. The first-order valence-corrected chi connectivity index (χ1v) is 7.42. The fourth-order valence-corrected chi connectivity index (χ4v) is 2.79. The molecule has 1 aliphatic heterocycles. The molecule has 0 unspecified atom stereocenters. The Bertz CT molecular complexity index is 588. The van der Waals surface area contributed by atoms with Crippen LogP contribution >= 0.6 is 0 Å². The van der Waals surface area contributed by atoms with Crippen molar-refractivity contribution < 1.29 is 0 Å². The minimum Gasteiger partial charge on any atom is -0.338 e. The van der Waals surface area contributed by atoms with E-state index in [-0.39, 0.29) is 0 Å². The second-order valence-electron chi connectivity index (χ2n) is 5.93.